The normalized spacial score (nSPS) is 15.5. The molecule has 1 aromatic heterocycles. The van der Waals surface area contributed by atoms with Crippen molar-refractivity contribution in [3.63, 3.8) is 0 Å². The molecule has 1 fully saturated rings. The van der Waals surface area contributed by atoms with Gasteiger partial charge in [0.2, 0.25) is 0 Å². The lowest BCUT2D eigenvalue weighted by atomic mass is 10.1. The standard InChI is InChI=1S/C18H23N3O2S/c1-20-9-11-21(12-10-20)15-5-3-14(4-6-15)13-19-18(22)16-7-8-17(23-16)24-2/h3-8H,9-13H2,1-2H3,(H,19,22). The van der Waals surface area contributed by atoms with Crippen LogP contribution in [0, 0.1) is 0 Å². The van der Waals surface area contributed by atoms with E-state index >= 15 is 0 Å². The predicted molar refractivity (Wildman–Crippen MR) is 97.8 cm³/mol. The van der Waals surface area contributed by atoms with Crippen LogP contribution in [0.3, 0.4) is 0 Å². The van der Waals surface area contributed by atoms with E-state index in [-0.39, 0.29) is 5.91 Å². The number of amides is 1. The van der Waals surface area contributed by atoms with Gasteiger partial charge in [-0.2, -0.15) is 0 Å². The topological polar surface area (TPSA) is 48.7 Å². The van der Waals surface area contributed by atoms with Crippen LogP contribution in [0.4, 0.5) is 5.69 Å². The second kappa shape index (κ2) is 7.77. The van der Waals surface area contributed by atoms with Crippen molar-refractivity contribution in [2.75, 3.05) is 44.4 Å². The number of likely N-dealkylation sites (N-methyl/N-ethyl adjacent to an activating group) is 1. The number of hydrogen-bond acceptors (Lipinski definition) is 5. The van der Waals surface area contributed by atoms with E-state index in [2.05, 4.69) is 46.4 Å². The van der Waals surface area contributed by atoms with Gasteiger partial charge in [-0.05, 0) is 43.1 Å². The summed E-state index contributed by atoms with van der Waals surface area (Å²) in [6, 6.07) is 11.9. The molecule has 128 valence electrons. The monoisotopic (exact) mass is 345 g/mol. The SMILES string of the molecule is CSc1ccc(C(=O)NCc2ccc(N3CCN(C)CC3)cc2)o1. The first kappa shape index (κ1) is 16.9. The molecule has 0 aliphatic carbocycles. The van der Waals surface area contributed by atoms with E-state index in [1.54, 1.807) is 6.07 Å². The molecule has 6 heteroatoms. The first-order chi connectivity index (χ1) is 11.7. The average Bonchev–Trinajstić information content (AvgIpc) is 3.10. The number of hydrogen-bond donors (Lipinski definition) is 1. The summed E-state index contributed by atoms with van der Waals surface area (Å²) in [7, 11) is 2.16. The van der Waals surface area contributed by atoms with E-state index < -0.39 is 0 Å². The third kappa shape index (κ3) is 4.13. The molecule has 2 aromatic rings. The molecule has 1 N–H and O–H groups in total. The van der Waals surface area contributed by atoms with Crippen LogP contribution in [-0.4, -0.2) is 50.3 Å². The summed E-state index contributed by atoms with van der Waals surface area (Å²) in [5.74, 6) is 0.173. The molecular formula is C18H23N3O2S. The van der Waals surface area contributed by atoms with Crippen LogP contribution in [0.1, 0.15) is 16.1 Å². The number of thioether (sulfide) groups is 1. The summed E-state index contributed by atoms with van der Waals surface area (Å²) >= 11 is 1.48. The van der Waals surface area contributed by atoms with E-state index in [1.807, 2.05) is 12.3 Å². The number of nitrogens with zero attached hydrogens (tertiary/aromatic N) is 2. The maximum absolute atomic E-state index is 12.1. The zero-order valence-corrected chi connectivity index (χ0v) is 14.9. The Kier molecular flexibility index (Phi) is 5.48. The molecule has 24 heavy (non-hydrogen) atoms. The zero-order valence-electron chi connectivity index (χ0n) is 14.1. The van der Waals surface area contributed by atoms with Crippen molar-refractivity contribution in [3.05, 3.63) is 47.7 Å². The van der Waals surface area contributed by atoms with Gasteiger partial charge in [0.15, 0.2) is 10.9 Å². The molecule has 1 aliphatic heterocycles. The highest BCUT2D eigenvalue weighted by molar-refractivity contribution is 7.98. The van der Waals surface area contributed by atoms with Crippen LogP contribution >= 0.6 is 11.8 Å². The van der Waals surface area contributed by atoms with Gasteiger partial charge in [-0.15, -0.1) is 0 Å². The minimum absolute atomic E-state index is 0.182. The van der Waals surface area contributed by atoms with Crippen molar-refractivity contribution < 1.29 is 9.21 Å². The van der Waals surface area contributed by atoms with Gasteiger partial charge in [-0.25, -0.2) is 0 Å². The number of anilines is 1. The largest absolute Gasteiger partial charge is 0.445 e. The minimum atomic E-state index is -0.182. The number of nitrogens with one attached hydrogen (secondary N) is 1. The van der Waals surface area contributed by atoms with Gasteiger partial charge in [-0.1, -0.05) is 23.9 Å². The van der Waals surface area contributed by atoms with E-state index in [0.717, 1.165) is 36.8 Å². The Hall–Kier alpha value is -1.92. The summed E-state index contributed by atoms with van der Waals surface area (Å²) in [5.41, 5.74) is 2.33. The van der Waals surface area contributed by atoms with Crippen molar-refractivity contribution in [3.8, 4) is 0 Å². The Bertz CT molecular complexity index is 676. The quantitative estimate of drug-likeness (QED) is 0.845. The lowest BCUT2D eigenvalue weighted by Crippen LogP contribution is -2.44. The molecule has 0 bridgehead atoms. The predicted octanol–water partition coefficient (Wildman–Crippen LogP) is 2.68. The van der Waals surface area contributed by atoms with Crippen molar-refractivity contribution in [1.29, 1.82) is 0 Å². The van der Waals surface area contributed by atoms with Gasteiger partial charge >= 0.3 is 0 Å². The van der Waals surface area contributed by atoms with E-state index in [4.69, 9.17) is 4.42 Å². The van der Waals surface area contributed by atoms with Gasteiger partial charge in [0.05, 0.1) is 0 Å². The van der Waals surface area contributed by atoms with Crippen LogP contribution in [-0.2, 0) is 6.54 Å². The number of carbonyl (C=O) groups excluding carboxylic acids is 1. The summed E-state index contributed by atoms with van der Waals surface area (Å²) in [4.78, 5) is 16.8. The molecule has 0 saturated carbocycles. The Labute approximate surface area is 147 Å². The first-order valence-corrected chi connectivity index (χ1v) is 9.32. The average molecular weight is 345 g/mol. The highest BCUT2D eigenvalue weighted by atomic mass is 32.2. The van der Waals surface area contributed by atoms with Crippen molar-refractivity contribution in [2.45, 2.75) is 11.6 Å². The minimum Gasteiger partial charge on any atom is -0.445 e. The van der Waals surface area contributed by atoms with Crippen molar-refractivity contribution >= 4 is 23.4 Å². The molecule has 0 unspecified atom stereocenters. The fourth-order valence-corrected chi connectivity index (χ4v) is 3.09. The van der Waals surface area contributed by atoms with E-state index in [1.165, 1.54) is 17.4 Å². The smallest absolute Gasteiger partial charge is 0.287 e. The van der Waals surface area contributed by atoms with E-state index in [0.29, 0.717) is 12.3 Å². The number of piperazine rings is 1. The maximum atomic E-state index is 12.1. The van der Waals surface area contributed by atoms with Crippen LogP contribution in [0.5, 0.6) is 0 Å². The first-order valence-electron chi connectivity index (χ1n) is 8.10. The Morgan fingerprint density at radius 1 is 1.12 bits per heavy atom. The second-order valence-corrected chi connectivity index (χ2v) is 6.77. The van der Waals surface area contributed by atoms with Crippen LogP contribution in [0.25, 0.3) is 0 Å². The number of rotatable bonds is 5. The number of carbonyl (C=O) groups is 1. The Morgan fingerprint density at radius 2 is 1.83 bits per heavy atom. The molecule has 2 heterocycles. The lowest BCUT2D eigenvalue weighted by Gasteiger charge is -2.34. The highest BCUT2D eigenvalue weighted by Crippen LogP contribution is 2.19. The summed E-state index contributed by atoms with van der Waals surface area (Å²) in [6.07, 6.45) is 1.92. The van der Waals surface area contributed by atoms with Crippen LogP contribution < -0.4 is 10.2 Å². The zero-order chi connectivity index (χ0) is 16.9. The molecule has 1 amide bonds. The molecule has 0 atom stereocenters. The number of furan rings is 1. The fraction of sp³-hybridized carbons (Fsp3) is 0.389. The summed E-state index contributed by atoms with van der Waals surface area (Å²) in [5, 5.41) is 3.64. The van der Waals surface area contributed by atoms with Gasteiger partial charge in [0, 0.05) is 38.4 Å². The van der Waals surface area contributed by atoms with Crippen molar-refractivity contribution in [1.82, 2.24) is 10.2 Å². The fourth-order valence-electron chi connectivity index (χ4n) is 2.71. The second-order valence-electron chi connectivity index (χ2n) is 5.96. The molecule has 1 saturated heterocycles. The molecule has 1 aromatic carbocycles. The van der Waals surface area contributed by atoms with Crippen molar-refractivity contribution in [2.24, 2.45) is 0 Å². The number of benzene rings is 1. The van der Waals surface area contributed by atoms with E-state index in [9.17, 15) is 4.79 Å². The summed E-state index contributed by atoms with van der Waals surface area (Å²) in [6.45, 7) is 4.81. The summed E-state index contributed by atoms with van der Waals surface area (Å²) < 4.78 is 5.43. The van der Waals surface area contributed by atoms with Gasteiger partial charge in [-0.3, -0.25) is 4.79 Å². The van der Waals surface area contributed by atoms with Crippen LogP contribution in [0.2, 0.25) is 0 Å². The maximum Gasteiger partial charge on any atom is 0.287 e. The Morgan fingerprint density at radius 3 is 2.46 bits per heavy atom. The molecular weight excluding hydrogens is 322 g/mol. The third-order valence-electron chi connectivity index (χ3n) is 4.26. The third-order valence-corrected chi connectivity index (χ3v) is 4.89. The van der Waals surface area contributed by atoms with Gasteiger partial charge < -0.3 is 19.5 Å². The molecule has 5 nitrogen and oxygen atoms in total. The molecule has 0 radical (unpaired) electrons. The van der Waals surface area contributed by atoms with Gasteiger partial charge in [0.1, 0.15) is 0 Å². The lowest BCUT2D eigenvalue weighted by molar-refractivity contribution is 0.0918. The molecule has 3 rings (SSSR count). The molecule has 1 aliphatic rings. The Balaban J connectivity index is 1.53. The highest BCUT2D eigenvalue weighted by Gasteiger charge is 2.14. The van der Waals surface area contributed by atoms with Gasteiger partial charge in [0.25, 0.3) is 5.91 Å². The molecule has 0 spiro atoms. The van der Waals surface area contributed by atoms with Crippen LogP contribution in [0.15, 0.2) is 45.9 Å².